The highest BCUT2D eigenvalue weighted by atomic mass is 19.1. The topological polar surface area (TPSA) is 38.2 Å². The third-order valence-electron chi connectivity index (χ3n) is 3.78. The van der Waals surface area contributed by atoms with Crippen LogP contribution < -0.4 is 4.74 Å². The average molecular weight is 305 g/mol. The molecule has 22 heavy (non-hydrogen) atoms. The predicted octanol–water partition coefficient (Wildman–Crippen LogP) is 2.66. The van der Waals surface area contributed by atoms with E-state index in [-0.39, 0.29) is 5.82 Å². The van der Waals surface area contributed by atoms with E-state index in [9.17, 15) is 8.78 Å². The molecule has 1 aromatic carbocycles. The van der Waals surface area contributed by atoms with Gasteiger partial charge in [-0.1, -0.05) is 0 Å². The minimum Gasteiger partial charge on any atom is -0.476 e. The van der Waals surface area contributed by atoms with Gasteiger partial charge >= 0.3 is 0 Å². The molecule has 1 aromatic heterocycles. The largest absolute Gasteiger partial charge is 0.476 e. The minimum absolute atomic E-state index is 0.360. The van der Waals surface area contributed by atoms with Crippen molar-refractivity contribution in [3.05, 3.63) is 54.0 Å². The Bertz CT molecular complexity index is 624. The summed E-state index contributed by atoms with van der Waals surface area (Å²) in [6.45, 7) is 2.63. The van der Waals surface area contributed by atoms with Crippen molar-refractivity contribution in [2.75, 3.05) is 19.7 Å². The van der Waals surface area contributed by atoms with E-state index in [1.54, 1.807) is 18.6 Å². The number of ether oxygens (including phenoxy) is 1. The van der Waals surface area contributed by atoms with Crippen molar-refractivity contribution >= 4 is 0 Å². The molecule has 0 aliphatic carbocycles. The lowest BCUT2D eigenvalue weighted by atomic mass is 10.1. The second-order valence-electron chi connectivity index (χ2n) is 5.48. The van der Waals surface area contributed by atoms with Gasteiger partial charge in [-0.05, 0) is 31.2 Å². The van der Waals surface area contributed by atoms with Gasteiger partial charge in [-0.15, -0.1) is 0 Å². The van der Waals surface area contributed by atoms with Crippen LogP contribution in [0.3, 0.4) is 0 Å². The molecule has 6 heteroatoms. The van der Waals surface area contributed by atoms with Crippen molar-refractivity contribution in [3.8, 4) is 5.88 Å². The van der Waals surface area contributed by atoms with Gasteiger partial charge in [0.1, 0.15) is 11.6 Å². The van der Waals surface area contributed by atoms with Crippen molar-refractivity contribution in [3.63, 3.8) is 0 Å². The highest BCUT2D eigenvalue weighted by Gasteiger charge is 2.24. The molecule has 3 rings (SSSR count). The lowest BCUT2D eigenvalue weighted by molar-refractivity contribution is 0.230. The van der Waals surface area contributed by atoms with Crippen molar-refractivity contribution in [2.24, 2.45) is 5.92 Å². The van der Waals surface area contributed by atoms with E-state index < -0.39 is 5.82 Å². The normalized spacial score (nSPS) is 18.5. The summed E-state index contributed by atoms with van der Waals surface area (Å²) in [5, 5.41) is 0. The Kier molecular flexibility index (Phi) is 4.58. The van der Waals surface area contributed by atoms with Gasteiger partial charge in [-0.3, -0.25) is 9.88 Å². The molecule has 0 saturated carbocycles. The number of hydrogen-bond acceptors (Lipinski definition) is 4. The molecule has 0 spiro atoms. The Hall–Kier alpha value is -2.08. The summed E-state index contributed by atoms with van der Waals surface area (Å²) < 4.78 is 32.4. The van der Waals surface area contributed by atoms with Crippen LogP contribution in [0.2, 0.25) is 0 Å². The molecule has 0 radical (unpaired) electrons. The Morgan fingerprint density at radius 2 is 2.18 bits per heavy atom. The Morgan fingerprint density at radius 3 is 3.00 bits per heavy atom. The summed E-state index contributed by atoms with van der Waals surface area (Å²) in [6.07, 6.45) is 5.73. The molecule has 0 amide bonds. The smallest absolute Gasteiger partial charge is 0.232 e. The van der Waals surface area contributed by atoms with Crippen LogP contribution in [0.25, 0.3) is 0 Å². The fraction of sp³-hybridized carbons (Fsp3) is 0.375. The lowest BCUT2D eigenvalue weighted by Gasteiger charge is -2.16. The molecule has 1 atom stereocenters. The number of aromatic nitrogens is 2. The second kappa shape index (κ2) is 6.79. The molecule has 2 heterocycles. The van der Waals surface area contributed by atoms with E-state index in [0.29, 0.717) is 30.5 Å². The highest BCUT2D eigenvalue weighted by molar-refractivity contribution is 5.18. The number of benzene rings is 1. The second-order valence-corrected chi connectivity index (χ2v) is 5.48. The number of rotatable bonds is 5. The Labute approximate surface area is 127 Å². The monoisotopic (exact) mass is 305 g/mol. The summed E-state index contributed by atoms with van der Waals surface area (Å²) in [7, 11) is 0. The molecule has 1 unspecified atom stereocenters. The van der Waals surface area contributed by atoms with E-state index in [2.05, 4.69) is 14.9 Å². The van der Waals surface area contributed by atoms with Crippen LogP contribution in [0.5, 0.6) is 5.88 Å². The van der Waals surface area contributed by atoms with Gasteiger partial charge in [0.2, 0.25) is 5.88 Å². The summed E-state index contributed by atoms with van der Waals surface area (Å²) in [4.78, 5) is 10.1. The maximum absolute atomic E-state index is 13.7. The van der Waals surface area contributed by atoms with Crippen molar-refractivity contribution in [2.45, 2.75) is 13.0 Å². The number of nitrogens with zero attached hydrogens (tertiary/aromatic N) is 3. The fourth-order valence-corrected chi connectivity index (χ4v) is 2.66. The lowest BCUT2D eigenvalue weighted by Crippen LogP contribution is -2.22. The van der Waals surface area contributed by atoms with Gasteiger partial charge in [0.05, 0.1) is 12.8 Å². The Balaban J connectivity index is 1.51. The first-order valence-electron chi connectivity index (χ1n) is 7.26. The first kappa shape index (κ1) is 14.8. The van der Waals surface area contributed by atoms with E-state index in [1.807, 2.05) is 0 Å². The van der Waals surface area contributed by atoms with Gasteiger partial charge in [0, 0.05) is 37.0 Å². The van der Waals surface area contributed by atoms with Crippen LogP contribution >= 0.6 is 0 Å². The van der Waals surface area contributed by atoms with E-state index in [1.165, 1.54) is 12.1 Å². The zero-order valence-corrected chi connectivity index (χ0v) is 12.1. The quantitative estimate of drug-likeness (QED) is 0.851. The molecular formula is C16H17F2N3O. The van der Waals surface area contributed by atoms with Gasteiger partial charge in [0.25, 0.3) is 0 Å². The summed E-state index contributed by atoms with van der Waals surface area (Å²) in [6, 6.07) is 3.58. The molecule has 4 nitrogen and oxygen atoms in total. The summed E-state index contributed by atoms with van der Waals surface area (Å²) in [5.74, 6) is 0.106. The molecule has 2 aromatic rings. The van der Waals surface area contributed by atoms with Gasteiger partial charge in [-0.25, -0.2) is 13.8 Å². The van der Waals surface area contributed by atoms with E-state index in [0.717, 1.165) is 25.6 Å². The Morgan fingerprint density at radius 1 is 1.27 bits per heavy atom. The number of likely N-dealkylation sites (tertiary alicyclic amines) is 1. The molecular weight excluding hydrogens is 288 g/mol. The van der Waals surface area contributed by atoms with Gasteiger partial charge in [0.15, 0.2) is 0 Å². The molecule has 1 fully saturated rings. The van der Waals surface area contributed by atoms with Gasteiger partial charge in [-0.2, -0.15) is 0 Å². The highest BCUT2D eigenvalue weighted by Crippen LogP contribution is 2.21. The molecule has 0 N–H and O–H groups in total. The van der Waals surface area contributed by atoms with Crippen LogP contribution in [-0.4, -0.2) is 34.6 Å². The zero-order chi connectivity index (χ0) is 15.4. The van der Waals surface area contributed by atoms with Gasteiger partial charge < -0.3 is 4.74 Å². The third kappa shape index (κ3) is 3.76. The average Bonchev–Trinajstić information content (AvgIpc) is 2.98. The molecule has 1 aliphatic rings. The maximum Gasteiger partial charge on any atom is 0.232 e. The number of hydrogen-bond donors (Lipinski definition) is 0. The van der Waals surface area contributed by atoms with E-state index >= 15 is 0 Å². The molecule has 0 bridgehead atoms. The van der Waals surface area contributed by atoms with Crippen molar-refractivity contribution < 1.29 is 13.5 Å². The fourth-order valence-electron chi connectivity index (χ4n) is 2.66. The van der Waals surface area contributed by atoms with E-state index in [4.69, 9.17) is 4.74 Å². The first-order chi connectivity index (χ1) is 10.7. The molecule has 116 valence electrons. The predicted molar refractivity (Wildman–Crippen MR) is 77.3 cm³/mol. The standard InChI is InChI=1S/C16H17F2N3O/c17-14-1-2-15(18)13(7-14)10-21-6-3-12(9-21)11-22-16-8-19-4-5-20-16/h1-2,4-5,7-8,12H,3,6,9-11H2. The third-order valence-corrected chi connectivity index (χ3v) is 3.78. The zero-order valence-electron chi connectivity index (χ0n) is 12.1. The van der Waals surface area contributed by atoms with Crippen LogP contribution in [0.1, 0.15) is 12.0 Å². The summed E-state index contributed by atoms with van der Waals surface area (Å²) in [5.41, 5.74) is 0.399. The van der Waals surface area contributed by atoms with Crippen LogP contribution in [0.15, 0.2) is 36.8 Å². The maximum atomic E-state index is 13.7. The van der Waals surface area contributed by atoms with Crippen molar-refractivity contribution in [1.82, 2.24) is 14.9 Å². The molecule has 1 saturated heterocycles. The van der Waals surface area contributed by atoms with Crippen LogP contribution in [0, 0.1) is 17.6 Å². The SMILES string of the molecule is Fc1ccc(F)c(CN2CCC(COc3cnccn3)C2)c1. The summed E-state index contributed by atoms with van der Waals surface area (Å²) >= 11 is 0. The molecule has 1 aliphatic heterocycles. The number of halogens is 2. The minimum atomic E-state index is -0.405. The van der Waals surface area contributed by atoms with Crippen LogP contribution in [-0.2, 0) is 6.54 Å². The first-order valence-corrected chi connectivity index (χ1v) is 7.26. The van der Waals surface area contributed by atoms with Crippen LogP contribution in [0.4, 0.5) is 8.78 Å². The van der Waals surface area contributed by atoms with Crippen molar-refractivity contribution in [1.29, 1.82) is 0 Å².